The summed E-state index contributed by atoms with van der Waals surface area (Å²) in [5, 5.41) is 4.04. The first-order valence-electron chi connectivity index (χ1n) is 40.3. The molecule has 14 aromatic carbocycles. The lowest BCUT2D eigenvalue weighted by Crippen LogP contribution is -2.37. The highest BCUT2D eigenvalue weighted by molar-refractivity contribution is 7.25. The Hall–Kier alpha value is -12.7. The number of thiophene rings is 1. The molecule has 17 aromatic rings. The summed E-state index contributed by atoms with van der Waals surface area (Å²) >= 11 is 1.86. The van der Waals surface area contributed by atoms with E-state index in [0.717, 1.165) is 85.6 Å². The maximum Gasteiger partial charge on any atom is 0.139 e. The van der Waals surface area contributed by atoms with Crippen LogP contribution in [0.4, 0.5) is 68.2 Å². The highest BCUT2D eigenvalue weighted by Crippen LogP contribution is 2.65. The van der Waals surface area contributed by atoms with Gasteiger partial charge in [-0.2, -0.15) is 0 Å². The van der Waals surface area contributed by atoms with Gasteiger partial charge in [0.05, 0.1) is 13.8 Å². The van der Waals surface area contributed by atoms with Gasteiger partial charge in [0.15, 0.2) is 0 Å². The van der Waals surface area contributed by atoms with Gasteiger partial charge in [-0.1, -0.05) is 250 Å². The van der Waals surface area contributed by atoms with Crippen molar-refractivity contribution >= 4 is 113 Å². The standard InChI is InChI=1S/C58H44N2OS.C49H46N2OSi/c1-57(2)48-35-41(59(38-20-10-6-11-21-38)39-22-12-7-13-23-39)28-31-45(48)55-53(57)54-56(61-55)46-32-29-42(36-49(46)58(54,3)4)60(50-26-16-14-24-43(50)37-18-8-5-9-19-37)40-30-33-52-47(34-40)44-25-15-17-27-51(44)62-52;1-48(2)42-31-37(50(33-17-11-8-12-18-33)34-19-13-9-14-20-34)25-29-40(42)46-44(48)45-47(52-46)41-30-26-38(32-43(41)49(45,3)4)51(35-21-15-10-16-22-35)36-23-27-39(28-24-36)53(5,6)7/h5-36H,1-4H3;8-32H,1-7H3. The zero-order valence-electron chi connectivity index (χ0n) is 66.9. The van der Waals surface area contributed by atoms with Crippen molar-refractivity contribution in [2.24, 2.45) is 0 Å². The van der Waals surface area contributed by atoms with Gasteiger partial charge in [0, 0.05) is 154 Å². The molecular formula is C107H90N4O2SSi. The van der Waals surface area contributed by atoms with Gasteiger partial charge in [-0.25, -0.2) is 0 Å². The fourth-order valence-electron chi connectivity index (χ4n) is 19.2. The molecule has 21 rings (SSSR count). The number of benzene rings is 14. The van der Waals surface area contributed by atoms with E-state index in [-0.39, 0.29) is 21.7 Å². The average Bonchev–Trinajstić information content (AvgIpc) is 1.52. The minimum atomic E-state index is -1.43. The topological polar surface area (TPSA) is 39.2 Å². The molecule has 4 aliphatic carbocycles. The largest absolute Gasteiger partial charge is 0.455 e. The Morgan fingerprint density at radius 1 is 0.243 bits per heavy atom. The molecule has 0 spiro atoms. The van der Waals surface area contributed by atoms with Crippen molar-refractivity contribution in [2.45, 2.75) is 96.7 Å². The second kappa shape index (κ2) is 27.0. The Morgan fingerprint density at radius 2 is 0.530 bits per heavy atom. The van der Waals surface area contributed by atoms with Gasteiger partial charge in [0.2, 0.25) is 0 Å². The first kappa shape index (κ1) is 71.3. The lowest BCUT2D eigenvalue weighted by atomic mass is 9.74. The number of rotatable bonds is 14. The molecule has 0 atom stereocenters. The third kappa shape index (κ3) is 11.5. The van der Waals surface area contributed by atoms with Crippen LogP contribution in [0.2, 0.25) is 19.6 Å². The van der Waals surface area contributed by atoms with Crippen LogP contribution in [0.3, 0.4) is 0 Å². The predicted octanol–water partition coefficient (Wildman–Crippen LogP) is 30.2. The number of para-hydroxylation sites is 6. The Kier molecular flexibility index (Phi) is 16.7. The molecule has 0 unspecified atom stereocenters. The summed E-state index contributed by atoms with van der Waals surface area (Å²) in [4.78, 5) is 9.55. The highest BCUT2D eigenvalue weighted by Gasteiger charge is 2.52. The van der Waals surface area contributed by atoms with Crippen LogP contribution in [-0.4, -0.2) is 8.07 Å². The molecular weight excluding hydrogens is 1430 g/mol. The van der Waals surface area contributed by atoms with Gasteiger partial charge < -0.3 is 28.4 Å². The fourth-order valence-corrected chi connectivity index (χ4v) is 21.5. The van der Waals surface area contributed by atoms with Crippen molar-refractivity contribution in [3.63, 3.8) is 0 Å². The summed E-state index contributed by atoms with van der Waals surface area (Å²) in [5.74, 6) is 4.04. The van der Waals surface area contributed by atoms with Crippen molar-refractivity contribution in [1.82, 2.24) is 0 Å². The summed E-state index contributed by atoms with van der Waals surface area (Å²) in [6, 6.07) is 126. The van der Waals surface area contributed by atoms with E-state index in [1.54, 1.807) is 0 Å². The van der Waals surface area contributed by atoms with Crippen LogP contribution in [0.15, 0.2) is 355 Å². The van der Waals surface area contributed by atoms with E-state index in [0.29, 0.717) is 0 Å². The molecule has 8 heteroatoms. The summed E-state index contributed by atoms with van der Waals surface area (Å²) < 4.78 is 16.8. The highest BCUT2D eigenvalue weighted by atomic mass is 32.1. The van der Waals surface area contributed by atoms with E-state index < -0.39 is 8.07 Å². The molecule has 3 aromatic heterocycles. The summed E-state index contributed by atoms with van der Waals surface area (Å²) in [7, 11) is -1.43. The van der Waals surface area contributed by atoms with Gasteiger partial charge in [-0.15, -0.1) is 11.3 Å². The number of anilines is 12. The van der Waals surface area contributed by atoms with E-state index in [4.69, 9.17) is 8.83 Å². The molecule has 560 valence electrons. The average molecular weight is 1520 g/mol. The Bertz CT molecular complexity index is 6550. The molecule has 0 bridgehead atoms. The first-order valence-corrected chi connectivity index (χ1v) is 44.6. The van der Waals surface area contributed by atoms with E-state index in [2.05, 4.69) is 440 Å². The van der Waals surface area contributed by atoms with Gasteiger partial charge >= 0.3 is 0 Å². The van der Waals surface area contributed by atoms with Crippen LogP contribution in [0.25, 0.3) is 76.6 Å². The van der Waals surface area contributed by atoms with E-state index in [1.807, 2.05) is 11.3 Å². The Balaban J connectivity index is 0.000000151. The summed E-state index contributed by atoms with van der Waals surface area (Å²) in [6.07, 6.45) is 0. The summed E-state index contributed by atoms with van der Waals surface area (Å²) in [5.41, 5.74) is 30.0. The lowest BCUT2D eigenvalue weighted by Gasteiger charge is -2.31. The molecule has 0 saturated carbocycles. The van der Waals surface area contributed by atoms with Crippen LogP contribution in [-0.2, 0) is 21.7 Å². The number of fused-ring (bicyclic) bond motifs is 17. The lowest BCUT2D eigenvalue weighted by molar-refractivity contribution is 0.592. The molecule has 3 heterocycles. The molecule has 0 saturated heterocycles. The number of hydrogen-bond donors (Lipinski definition) is 0. The normalized spacial score (nSPS) is 14.3. The first-order chi connectivity index (χ1) is 55.7. The fraction of sp³-hybridized carbons (Fsp3) is 0.140. The van der Waals surface area contributed by atoms with Gasteiger partial charge in [-0.3, -0.25) is 0 Å². The van der Waals surface area contributed by atoms with Gasteiger partial charge in [-0.05, 0) is 204 Å². The van der Waals surface area contributed by atoms with E-state index in [1.165, 1.54) is 109 Å². The SMILES string of the molecule is CC1(C)c2cc(N(c3ccccc3)c3ccccc3)ccc2-c2oc3c(c21)C(C)(C)c1cc(N(c2ccc4sc5ccccc5c4c2)c2ccccc2-c2ccccc2)ccc1-3.CC1(C)c2cc(N(c3ccccc3)c3ccccc3)ccc2-c2oc3c(c21)C(C)(C)c1cc(N(c2ccccc2)c2ccc([Si](C)(C)C)cc2)ccc1-3. The van der Waals surface area contributed by atoms with Gasteiger partial charge in [0.1, 0.15) is 23.0 Å². The van der Waals surface area contributed by atoms with Crippen LogP contribution in [0.5, 0.6) is 0 Å². The maximum absolute atomic E-state index is 7.16. The zero-order chi connectivity index (χ0) is 78.4. The third-order valence-electron chi connectivity index (χ3n) is 24.9. The minimum absolute atomic E-state index is 0.257. The molecule has 0 radical (unpaired) electrons. The number of furan rings is 2. The smallest absolute Gasteiger partial charge is 0.139 e. The monoisotopic (exact) mass is 1520 g/mol. The summed E-state index contributed by atoms with van der Waals surface area (Å²) in [6.45, 7) is 26.3. The van der Waals surface area contributed by atoms with Crippen LogP contribution in [0.1, 0.15) is 99.9 Å². The van der Waals surface area contributed by atoms with Crippen molar-refractivity contribution in [1.29, 1.82) is 0 Å². The minimum Gasteiger partial charge on any atom is -0.455 e. The molecule has 0 aliphatic heterocycles. The molecule has 6 nitrogen and oxygen atoms in total. The van der Waals surface area contributed by atoms with Crippen molar-refractivity contribution in [3.8, 4) is 56.4 Å². The van der Waals surface area contributed by atoms with E-state index >= 15 is 0 Å². The molecule has 4 aliphatic rings. The second-order valence-electron chi connectivity index (χ2n) is 34.4. The predicted molar refractivity (Wildman–Crippen MR) is 488 cm³/mol. The van der Waals surface area contributed by atoms with Crippen LogP contribution in [0, 0.1) is 0 Å². The van der Waals surface area contributed by atoms with Crippen molar-refractivity contribution in [2.75, 3.05) is 19.6 Å². The number of hydrogen-bond acceptors (Lipinski definition) is 7. The van der Waals surface area contributed by atoms with Gasteiger partial charge in [0.25, 0.3) is 0 Å². The Labute approximate surface area is 680 Å². The zero-order valence-corrected chi connectivity index (χ0v) is 68.7. The maximum atomic E-state index is 7.16. The van der Waals surface area contributed by atoms with Crippen molar-refractivity contribution in [3.05, 3.63) is 390 Å². The molecule has 0 N–H and O–H groups in total. The number of nitrogens with zero attached hydrogens (tertiary/aromatic N) is 4. The molecule has 115 heavy (non-hydrogen) atoms. The van der Waals surface area contributed by atoms with E-state index in [9.17, 15) is 0 Å². The second-order valence-corrected chi connectivity index (χ2v) is 40.6. The van der Waals surface area contributed by atoms with Crippen LogP contribution >= 0.6 is 11.3 Å². The molecule has 0 amide bonds. The quantitative estimate of drug-likeness (QED) is 0.101. The van der Waals surface area contributed by atoms with Crippen molar-refractivity contribution < 1.29 is 8.83 Å². The Morgan fingerprint density at radius 3 is 0.904 bits per heavy atom. The molecule has 0 fully saturated rings. The van der Waals surface area contributed by atoms with Crippen LogP contribution < -0.4 is 24.8 Å². The third-order valence-corrected chi connectivity index (χ3v) is 28.2.